The quantitative estimate of drug-likeness (QED) is 0.172. The number of nitrogens with zero attached hydrogens (tertiary/aromatic N) is 2. The highest BCUT2D eigenvalue weighted by Gasteiger charge is 2.33. The van der Waals surface area contributed by atoms with E-state index in [9.17, 15) is 27.5 Å². The lowest BCUT2D eigenvalue weighted by Crippen LogP contribution is -2.33. The summed E-state index contributed by atoms with van der Waals surface area (Å²) in [4.78, 5) is 16.3. The monoisotopic (exact) mass is 682 g/mol. The summed E-state index contributed by atoms with van der Waals surface area (Å²) in [5, 5.41) is 13.0. The van der Waals surface area contributed by atoms with Gasteiger partial charge in [-0.05, 0) is 48.2 Å². The molecule has 248 valence electrons. The summed E-state index contributed by atoms with van der Waals surface area (Å²) >= 11 is 10.6. The summed E-state index contributed by atoms with van der Waals surface area (Å²) in [6, 6.07) is 6.87. The maximum atomic E-state index is 13.2. The van der Waals surface area contributed by atoms with E-state index in [1.807, 2.05) is 13.8 Å². The second-order valence-corrected chi connectivity index (χ2v) is 15.4. The Morgan fingerprint density at radius 2 is 1.24 bits per heavy atom. The van der Waals surface area contributed by atoms with E-state index in [1.54, 1.807) is 4.90 Å². The van der Waals surface area contributed by atoms with Gasteiger partial charge in [0.15, 0.2) is 0 Å². The molecule has 2 fully saturated rings. The van der Waals surface area contributed by atoms with E-state index in [-0.39, 0.29) is 24.2 Å². The Labute approximate surface area is 283 Å². The van der Waals surface area contributed by atoms with Crippen molar-refractivity contribution in [2.24, 2.45) is 11.8 Å². The van der Waals surface area contributed by atoms with Gasteiger partial charge in [-0.1, -0.05) is 88.4 Å². The third-order valence-electron chi connectivity index (χ3n) is 7.90. The van der Waals surface area contributed by atoms with Gasteiger partial charge in [-0.15, -0.1) is 0 Å². The largest absolute Gasteiger partial charge is 0.374 e. The topological polar surface area (TPSA) is 43.8 Å². The SMILES string of the molecule is CC(C)[CH2][AlH][CH2]C(C)C.CCC(=S)N1CC(c2cc(F)cc(F)c2)CC1=O.CCC(=S)N1CC(c2cc(F)cc(F)c2)CC1O. The molecule has 4 rings (SSSR count). The Balaban J connectivity index is 0.000000250. The van der Waals surface area contributed by atoms with Crippen LogP contribution in [0.2, 0.25) is 10.6 Å². The lowest BCUT2D eigenvalue weighted by Gasteiger charge is -2.22. The average Bonchev–Trinajstić information content (AvgIpc) is 3.54. The predicted octanol–water partition coefficient (Wildman–Crippen LogP) is 8.40. The summed E-state index contributed by atoms with van der Waals surface area (Å²) < 4.78 is 52.6. The number of carbonyl (C=O) groups excluding carboxylic acids is 1. The number of amides is 1. The van der Waals surface area contributed by atoms with Gasteiger partial charge in [-0.25, -0.2) is 17.6 Å². The number of hydrogen-bond donors (Lipinski definition) is 1. The molecule has 4 nitrogen and oxygen atoms in total. The molecule has 11 heteroatoms. The molecule has 0 bridgehead atoms. The van der Waals surface area contributed by atoms with E-state index in [4.69, 9.17) is 24.4 Å². The first-order valence-electron chi connectivity index (χ1n) is 15.9. The van der Waals surface area contributed by atoms with Gasteiger partial charge in [-0.3, -0.25) is 4.79 Å². The van der Waals surface area contributed by atoms with E-state index in [1.165, 1.54) is 39.7 Å². The molecule has 2 saturated heterocycles. The zero-order chi connectivity index (χ0) is 33.8. The van der Waals surface area contributed by atoms with Crippen LogP contribution < -0.4 is 0 Å². The highest BCUT2D eigenvalue weighted by atomic mass is 32.1. The van der Waals surface area contributed by atoms with Gasteiger partial charge in [0.05, 0.1) is 9.98 Å². The molecule has 45 heavy (non-hydrogen) atoms. The van der Waals surface area contributed by atoms with E-state index in [0.717, 1.165) is 24.0 Å². The first kappa shape index (κ1) is 39.3. The van der Waals surface area contributed by atoms with Crippen LogP contribution in [-0.4, -0.2) is 65.3 Å². The highest BCUT2D eigenvalue weighted by molar-refractivity contribution is 7.80. The van der Waals surface area contributed by atoms with E-state index >= 15 is 0 Å². The molecule has 0 spiro atoms. The zero-order valence-corrected chi connectivity index (χ0v) is 30.3. The lowest BCUT2D eigenvalue weighted by atomic mass is 9.98. The van der Waals surface area contributed by atoms with Gasteiger partial charge < -0.3 is 14.9 Å². The molecule has 0 saturated carbocycles. The maximum Gasteiger partial charge on any atom is 0.237 e. The molecule has 0 aliphatic carbocycles. The number of benzene rings is 2. The summed E-state index contributed by atoms with van der Waals surface area (Å²) in [6.45, 7) is 14.0. The minimum Gasteiger partial charge on any atom is -0.374 e. The minimum absolute atomic E-state index is 0.0727. The molecule has 2 heterocycles. The molecular weight excluding hydrogens is 635 g/mol. The van der Waals surface area contributed by atoms with Crippen LogP contribution in [0.3, 0.4) is 0 Å². The van der Waals surface area contributed by atoms with Gasteiger partial charge in [0.2, 0.25) is 21.1 Å². The summed E-state index contributed by atoms with van der Waals surface area (Å²) in [6.07, 6.45) is 1.34. The van der Waals surface area contributed by atoms with Gasteiger partial charge in [0.1, 0.15) is 29.5 Å². The standard InChI is InChI=1S/C13H15F2NOS.C13H13F2NOS.2C4H9.Al.H/c2*1-2-13(18)16-7-9(5-12(16)17)8-3-10(14)6-11(15)4-8;2*1-4(2)3;;/h3-4,6,9,12,17H,2,5,7H2,1H3;3-4,6,9H,2,5,7H2,1H3;2*4H,1H2,2-3H3;;. The Morgan fingerprint density at radius 3 is 1.67 bits per heavy atom. The van der Waals surface area contributed by atoms with Crippen LogP contribution >= 0.6 is 24.4 Å². The Bertz CT molecular complexity index is 1250. The molecule has 2 aliphatic rings. The van der Waals surface area contributed by atoms with Crippen LogP contribution in [0.15, 0.2) is 36.4 Å². The third kappa shape index (κ3) is 13.0. The number of aliphatic hydroxyl groups is 1. The number of aliphatic hydroxyl groups excluding tert-OH is 1. The van der Waals surface area contributed by atoms with Crippen LogP contribution in [-0.2, 0) is 4.79 Å². The molecule has 1 N–H and O–H groups in total. The van der Waals surface area contributed by atoms with Crippen LogP contribution in [0.5, 0.6) is 0 Å². The molecule has 2 aliphatic heterocycles. The fraction of sp³-hybridized carbons (Fsp3) is 0.559. The van der Waals surface area contributed by atoms with E-state index in [0.29, 0.717) is 68.7 Å². The van der Waals surface area contributed by atoms with Crippen molar-refractivity contribution in [1.82, 2.24) is 9.80 Å². The number of carbonyl (C=O) groups is 1. The van der Waals surface area contributed by atoms with Crippen molar-refractivity contribution in [3.05, 3.63) is 70.8 Å². The average molecular weight is 683 g/mol. The number of thiocarbonyl (C=S) groups is 2. The van der Waals surface area contributed by atoms with Crippen molar-refractivity contribution in [2.45, 2.75) is 95.9 Å². The smallest absolute Gasteiger partial charge is 0.237 e. The molecule has 1 amide bonds. The molecule has 3 atom stereocenters. The first-order valence-corrected chi connectivity index (χ1v) is 18.7. The molecule has 2 aromatic rings. The third-order valence-corrected chi connectivity index (χ3v) is 12.1. The Hall–Kier alpha value is -1.90. The second kappa shape index (κ2) is 19.1. The molecule has 2 aromatic carbocycles. The van der Waals surface area contributed by atoms with Crippen molar-refractivity contribution < 1.29 is 27.5 Å². The van der Waals surface area contributed by atoms with Crippen LogP contribution in [0.4, 0.5) is 17.6 Å². The maximum absolute atomic E-state index is 13.2. The minimum atomic E-state index is -0.659. The first-order chi connectivity index (χ1) is 21.1. The van der Waals surface area contributed by atoms with E-state index < -0.39 is 29.5 Å². The summed E-state index contributed by atoms with van der Waals surface area (Å²) in [5.41, 5.74) is 1.09. The fourth-order valence-corrected chi connectivity index (χ4v) is 7.69. The number of likely N-dealkylation sites (tertiary alicyclic amines) is 2. The highest BCUT2D eigenvalue weighted by Crippen LogP contribution is 2.32. The van der Waals surface area contributed by atoms with Crippen LogP contribution in [0, 0.1) is 35.1 Å². The summed E-state index contributed by atoms with van der Waals surface area (Å²) in [5.74, 6) is -0.848. The van der Waals surface area contributed by atoms with Gasteiger partial charge >= 0.3 is 0 Å². The van der Waals surface area contributed by atoms with Crippen molar-refractivity contribution in [2.75, 3.05) is 13.1 Å². The van der Waals surface area contributed by atoms with Crippen molar-refractivity contribution in [1.29, 1.82) is 0 Å². The van der Waals surface area contributed by atoms with Crippen LogP contribution in [0.25, 0.3) is 0 Å². The number of hydrogen-bond acceptors (Lipinski definition) is 4. The zero-order valence-electron chi connectivity index (χ0n) is 27.3. The molecule has 3 unspecified atom stereocenters. The van der Waals surface area contributed by atoms with Gasteiger partial charge in [0, 0.05) is 49.9 Å². The number of rotatable bonds is 8. The van der Waals surface area contributed by atoms with Crippen molar-refractivity contribution >= 4 is 55.5 Å². The number of halogens is 4. The van der Waals surface area contributed by atoms with Gasteiger partial charge in [0.25, 0.3) is 0 Å². The summed E-state index contributed by atoms with van der Waals surface area (Å²) in [7, 11) is 0. The predicted molar refractivity (Wildman–Crippen MR) is 184 cm³/mol. The van der Waals surface area contributed by atoms with Crippen molar-refractivity contribution in [3.63, 3.8) is 0 Å². The molecule has 0 radical (unpaired) electrons. The Morgan fingerprint density at radius 1 is 0.800 bits per heavy atom. The lowest BCUT2D eigenvalue weighted by molar-refractivity contribution is -0.124. The van der Waals surface area contributed by atoms with Crippen LogP contribution in [0.1, 0.15) is 90.2 Å². The molecular formula is C34H47AlF4N2O2S2. The second-order valence-electron chi connectivity index (χ2n) is 12.6. The Kier molecular flexibility index (Phi) is 16.6. The van der Waals surface area contributed by atoms with Gasteiger partial charge in [-0.2, -0.15) is 0 Å². The normalized spacial score (nSPS) is 19.3. The van der Waals surface area contributed by atoms with Crippen molar-refractivity contribution in [3.8, 4) is 0 Å². The molecule has 0 aromatic heterocycles. The fourth-order valence-electron chi connectivity index (χ4n) is 5.45. The van der Waals surface area contributed by atoms with E-state index in [2.05, 4.69) is 27.7 Å².